The van der Waals surface area contributed by atoms with Crippen LogP contribution >= 0.6 is 11.3 Å². The number of ether oxygens (including phenoxy) is 1. The van der Waals surface area contributed by atoms with Crippen LogP contribution in [0.2, 0.25) is 0 Å². The minimum absolute atomic E-state index is 0.122. The number of carbonyl (C=O) groups excluding carboxylic acids is 1. The van der Waals surface area contributed by atoms with Gasteiger partial charge in [0.25, 0.3) is 5.91 Å². The van der Waals surface area contributed by atoms with Gasteiger partial charge < -0.3 is 10.1 Å². The fraction of sp³-hybridized carbons (Fsp3) is 0.333. The quantitative estimate of drug-likeness (QED) is 0.920. The summed E-state index contributed by atoms with van der Waals surface area (Å²) >= 11 is 1.63. The molecule has 1 aromatic heterocycles. The third kappa shape index (κ3) is 3.57. The summed E-state index contributed by atoms with van der Waals surface area (Å²) in [5.41, 5.74) is 1.48. The maximum Gasteiger partial charge on any atom is 0.251 e. The Bertz CT molecular complexity index is 593. The van der Waals surface area contributed by atoms with Crippen molar-refractivity contribution in [1.29, 1.82) is 0 Å². The van der Waals surface area contributed by atoms with E-state index >= 15 is 0 Å². The zero-order valence-corrected chi connectivity index (χ0v) is 12.7. The van der Waals surface area contributed by atoms with Crippen molar-refractivity contribution in [2.24, 2.45) is 0 Å². The van der Waals surface area contributed by atoms with Gasteiger partial charge in [-0.2, -0.15) is 0 Å². The lowest BCUT2D eigenvalue weighted by Gasteiger charge is -2.05. The summed E-state index contributed by atoms with van der Waals surface area (Å²) < 4.78 is 5.11. The molecule has 0 aliphatic heterocycles. The number of aromatic nitrogens is 1. The van der Waals surface area contributed by atoms with Crippen LogP contribution in [0.15, 0.2) is 29.6 Å². The van der Waals surface area contributed by atoms with Crippen LogP contribution < -0.4 is 10.1 Å². The van der Waals surface area contributed by atoms with E-state index in [0.717, 1.165) is 10.7 Å². The molecule has 0 aliphatic carbocycles. The third-order valence-electron chi connectivity index (χ3n) is 2.83. The highest BCUT2D eigenvalue weighted by Gasteiger charge is 2.09. The van der Waals surface area contributed by atoms with Crippen LogP contribution in [0, 0.1) is 0 Å². The second-order valence-electron chi connectivity index (χ2n) is 4.75. The molecule has 1 amide bonds. The van der Waals surface area contributed by atoms with Crippen molar-refractivity contribution in [2.75, 3.05) is 7.11 Å². The normalized spacial score (nSPS) is 10.6. The van der Waals surface area contributed by atoms with Crippen molar-refractivity contribution >= 4 is 17.2 Å². The lowest BCUT2D eigenvalue weighted by Crippen LogP contribution is -2.22. The van der Waals surface area contributed by atoms with Crippen molar-refractivity contribution in [1.82, 2.24) is 10.3 Å². The highest BCUT2D eigenvalue weighted by Crippen LogP contribution is 2.19. The maximum atomic E-state index is 12.0. The van der Waals surface area contributed by atoms with Gasteiger partial charge in [-0.25, -0.2) is 4.98 Å². The Morgan fingerprint density at radius 3 is 2.90 bits per heavy atom. The van der Waals surface area contributed by atoms with Crippen LogP contribution in [0.5, 0.6) is 5.75 Å². The van der Waals surface area contributed by atoms with Gasteiger partial charge in [0.2, 0.25) is 0 Å². The predicted octanol–water partition coefficient (Wildman–Crippen LogP) is 3.21. The number of carbonyl (C=O) groups is 1. The van der Waals surface area contributed by atoms with Gasteiger partial charge in [0.05, 0.1) is 24.4 Å². The van der Waals surface area contributed by atoms with Gasteiger partial charge in [-0.15, -0.1) is 11.3 Å². The molecule has 106 valence electrons. The number of thiazole rings is 1. The fourth-order valence-electron chi connectivity index (χ4n) is 1.71. The summed E-state index contributed by atoms with van der Waals surface area (Å²) in [6.07, 6.45) is 0. The molecular formula is C15H18N2O2S. The highest BCUT2D eigenvalue weighted by atomic mass is 32.1. The minimum atomic E-state index is -0.122. The fourth-order valence-corrected chi connectivity index (χ4v) is 2.54. The molecule has 0 spiro atoms. The standard InChI is InChI=1S/C15H18N2O2S/c1-10(2)15-17-12(9-20-15)8-16-14(18)11-5-4-6-13(7-11)19-3/h4-7,9-10H,8H2,1-3H3,(H,16,18). The lowest BCUT2D eigenvalue weighted by molar-refractivity contribution is 0.0950. The molecular weight excluding hydrogens is 272 g/mol. The summed E-state index contributed by atoms with van der Waals surface area (Å²) in [4.78, 5) is 16.5. The predicted molar refractivity (Wildman–Crippen MR) is 80.4 cm³/mol. The number of benzene rings is 1. The largest absolute Gasteiger partial charge is 0.497 e. The Labute approximate surface area is 122 Å². The third-order valence-corrected chi connectivity index (χ3v) is 4.02. The van der Waals surface area contributed by atoms with E-state index in [2.05, 4.69) is 24.1 Å². The Hall–Kier alpha value is -1.88. The molecule has 20 heavy (non-hydrogen) atoms. The molecule has 0 aliphatic rings. The highest BCUT2D eigenvalue weighted by molar-refractivity contribution is 7.09. The second-order valence-corrected chi connectivity index (χ2v) is 5.64. The van der Waals surface area contributed by atoms with E-state index in [4.69, 9.17) is 4.74 Å². The minimum Gasteiger partial charge on any atom is -0.497 e. The first-order chi connectivity index (χ1) is 9.60. The van der Waals surface area contributed by atoms with E-state index in [9.17, 15) is 4.79 Å². The van der Waals surface area contributed by atoms with Crippen LogP contribution in [-0.2, 0) is 6.54 Å². The van der Waals surface area contributed by atoms with Gasteiger partial charge >= 0.3 is 0 Å². The number of amides is 1. The molecule has 1 aromatic carbocycles. The Kier molecular flexibility index (Phi) is 4.74. The second kappa shape index (κ2) is 6.52. The zero-order valence-electron chi connectivity index (χ0n) is 11.8. The molecule has 2 aromatic rings. The van der Waals surface area contributed by atoms with Gasteiger partial charge in [0.1, 0.15) is 5.75 Å². The van der Waals surface area contributed by atoms with Gasteiger partial charge in [0.15, 0.2) is 0 Å². The van der Waals surface area contributed by atoms with Crippen LogP contribution in [0.1, 0.15) is 40.8 Å². The summed E-state index contributed by atoms with van der Waals surface area (Å²) in [5, 5.41) is 5.95. The molecule has 0 fully saturated rings. The van der Waals surface area contributed by atoms with Crippen LogP contribution in [0.25, 0.3) is 0 Å². The van der Waals surface area contributed by atoms with E-state index in [1.165, 1.54) is 0 Å². The molecule has 0 saturated carbocycles. The maximum absolute atomic E-state index is 12.0. The van der Waals surface area contributed by atoms with Crippen LogP contribution in [0.3, 0.4) is 0 Å². The van der Waals surface area contributed by atoms with E-state index in [-0.39, 0.29) is 5.91 Å². The molecule has 1 heterocycles. The first-order valence-corrected chi connectivity index (χ1v) is 7.34. The number of nitrogens with one attached hydrogen (secondary N) is 1. The molecule has 0 saturated heterocycles. The molecule has 0 unspecified atom stereocenters. The summed E-state index contributed by atoms with van der Waals surface area (Å²) in [7, 11) is 1.58. The van der Waals surface area contributed by atoms with Crippen molar-refractivity contribution < 1.29 is 9.53 Å². The Morgan fingerprint density at radius 1 is 1.45 bits per heavy atom. The first-order valence-electron chi connectivity index (χ1n) is 6.46. The monoisotopic (exact) mass is 290 g/mol. The summed E-state index contributed by atoms with van der Waals surface area (Å²) in [5.74, 6) is 0.972. The van der Waals surface area contributed by atoms with E-state index in [1.807, 2.05) is 11.4 Å². The average molecular weight is 290 g/mol. The van der Waals surface area contributed by atoms with Crippen molar-refractivity contribution in [3.8, 4) is 5.75 Å². The Morgan fingerprint density at radius 2 is 2.25 bits per heavy atom. The molecule has 2 rings (SSSR count). The Balaban J connectivity index is 1.97. The van der Waals surface area contributed by atoms with Gasteiger partial charge in [0, 0.05) is 16.9 Å². The molecule has 5 heteroatoms. The van der Waals surface area contributed by atoms with Gasteiger partial charge in [-0.1, -0.05) is 19.9 Å². The van der Waals surface area contributed by atoms with E-state index in [1.54, 1.807) is 36.6 Å². The van der Waals surface area contributed by atoms with E-state index < -0.39 is 0 Å². The zero-order chi connectivity index (χ0) is 14.5. The molecule has 0 atom stereocenters. The van der Waals surface area contributed by atoms with Gasteiger partial charge in [-0.05, 0) is 18.2 Å². The van der Waals surface area contributed by atoms with E-state index in [0.29, 0.717) is 23.8 Å². The van der Waals surface area contributed by atoms with Crippen molar-refractivity contribution in [3.63, 3.8) is 0 Å². The number of methoxy groups -OCH3 is 1. The molecule has 1 N–H and O–H groups in total. The number of hydrogen-bond donors (Lipinski definition) is 1. The van der Waals surface area contributed by atoms with Crippen LogP contribution in [0.4, 0.5) is 0 Å². The average Bonchev–Trinajstić information content (AvgIpc) is 2.94. The SMILES string of the molecule is COc1cccc(C(=O)NCc2csc(C(C)C)n2)c1. The van der Waals surface area contributed by atoms with Crippen molar-refractivity contribution in [2.45, 2.75) is 26.3 Å². The van der Waals surface area contributed by atoms with Crippen molar-refractivity contribution in [3.05, 3.63) is 45.9 Å². The molecule has 0 radical (unpaired) electrons. The topological polar surface area (TPSA) is 51.2 Å². The number of rotatable bonds is 5. The number of hydrogen-bond acceptors (Lipinski definition) is 4. The number of nitrogens with zero attached hydrogens (tertiary/aromatic N) is 1. The summed E-state index contributed by atoms with van der Waals surface area (Å²) in [6.45, 7) is 4.66. The van der Waals surface area contributed by atoms with Gasteiger partial charge in [-0.3, -0.25) is 4.79 Å². The lowest BCUT2D eigenvalue weighted by atomic mass is 10.2. The molecule has 0 bridgehead atoms. The smallest absolute Gasteiger partial charge is 0.251 e. The summed E-state index contributed by atoms with van der Waals surface area (Å²) in [6, 6.07) is 7.09. The first kappa shape index (κ1) is 14.5. The molecule has 4 nitrogen and oxygen atoms in total. The van der Waals surface area contributed by atoms with Crippen LogP contribution in [-0.4, -0.2) is 18.0 Å².